The molecule has 0 aliphatic carbocycles. The van der Waals surface area contributed by atoms with E-state index in [-0.39, 0.29) is 5.91 Å². The Morgan fingerprint density at radius 3 is 2.83 bits per heavy atom. The van der Waals surface area contributed by atoms with Crippen LogP contribution in [-0.4, -0.2) is 30.1 Å². The molecule has 1 aromatic heterocycles. The molecule has 1 amide bonds. The zero-order chi connectivity index (χ0) is 16.7. The molecule has 0 radical (unpaired) electrons. The number of amides is 1. The van der Waals surface area contributed by atoms with E-state index in [1.54, 1.807) is 19.3 Å². The molecule has 1 aromatic carbocycles. The number of aryl methyl sites for hydroxylation is 2. The molecule has 0 aliphatic rings. The van der Waals surface area contributed by atoms with Gasteiger partial charge in [0.15, 0.2) is 6.10 Å². The average Bonchev–Trinajstić information content (AvgIpc) is 2.55. The van der Waals surface area contributed by atoms with Crippen LogP contribution in [0.1, 0.15) is 18.1 Å². The number of ether oxygens (including phenoxy) is 1. The van der Waals surface area contributed by atoms with Gasteiger partial charge in [-0.1, -0.05) is 12.1 Å². The van der Waals surface area contributed by atoms with E-state index in [4.69, 9.17) is 4.74 Å². The fraction of sp³-hybridized carbons (Fsp3) is 0.333. The van der Waals surface area contributed by atoms with E-state index in [1.807, 2.05) is 44.2 Å². The molecule has 2 aromatic rings. The molecule has 0 spiro atoms. The topological polar surface area (TPSA) is 63.2 Å². The van der Waals surface area contributed by atoms with Crippen molar-refractivity contribution in [3.05, 3.63) is 53.9 Å². The minimum Gasteiger partial charge on any atom is -0.481 e. The lowest BCUT2D eigenvalue weighted by Gasteiger charge is -2.17. The van der Waals surface area contributed by atoms with Crippen molar-refractivity contribution >= 4 is 11.6 Å². The number of rotatable bonds is 7. The lowest BCUT2D eigenvalue weighted by atomic mass is 10.1. The van der Waals surface area contributed by atoms with Crippen LogP contribution in [0.5, 0.6) is 5.75 Å². The van der Waals surface area contributed by atoms with E-state index < -0.39 is 6.10 Å². The van der Waals surface area contributed by atoms with E-state index in [0.29, 0.717) is 13.1 Å². The largest absolute Gasteiger partial charge is 0.481 e. The van der Waals surface area contributed by atoms with E-state index >= 15 is 0 Å². The maximum Gasteiger partial charge on any atom is 0.260 e. The average molecular weight is 313 g/mol. The number of hydrogen-bond acceptors (Lipinski definition) is 4. The van der Waals surface area contributed by atoms with Crippen molar-refractivity contribution in [2.45, 2.75) is 26.9 Å². The number of anilines is 1. The lowest BCUT2D eigenvalue weighted by Crippen LogP contribution is -2.38. The van der Waals surface area contributed by atoms with Gasteiger partial charge in [-0.15, -0.1) is 0 Å². The summed E-state index contributed by atoms with van der Waals surface area (Å²) in [6, 6.07) is 9.76. The van der Waals surface area contributed by atoms with E-state index in [2.05, 4.69) is 15.6 Å². The zero-order valence-corrected chi connectivity index (χ0v) is 13.8. The van der Waals surface area contributed by atoms with Crippen LogP contribution >= 0.6 is 0 Å². The molecule has 2 N–H and O–H groups in total. The minimum atomic E-state index is -0.533. The van der Waals surface area contributed by atoms with Gasteiger partial charge < -0.3 is 15.4 Å². The van der Waals surface area contributed by atoms with E-state index in [0.717, 1.165) is 22.6 Å². The molecule has 0 fully saturated rings. The second kappa shape index (κ2) is 8.17. The summed E-state index contributed by atoms with van der Waals surface area (Å²) in [5, 5.41) is 6.05. The highest BCUT2D eigenvalue weighted by Crippen LogP contribution is 2.20. The normalized spacial score (nSPS) is 11.6. The highest BCUT2D eigenvalue weighted by atomic mass is 16.5. The first-order valence-corrected chi connectivity index (χ1v) is 7.72. The molecule has 122 valence electrons. The molecule has 0 bridgehead atoms. The van der Waals surface area contributed by atoms with Crippen LogP contribution in [0, 0.1) is 13.8 Å². The third-order valence-electron chi connectivity index (χ3n) is 3.43. The summed E-state index contributed by atoms with van der Waals surface area (Å²) in [7, 11) is 0. The monoisotopic (exact) mass is 313 g/mol. The van der Waals surface area contributed by atoms with Gasteiger partial charge in [-0.05, 0) is 50.1 Å². The Morgan fingerprint density at radius 2 is 2.09 bits per heavy atom. The Kier molecular flexibility index (Phi) is 5.97. The van der Waals surface area contributed by atoms with Gasteiger partial charge in [0.1, 0.15) is 5.75 Å². The quantitative estimate of drug-likeness (QED) is 0.772. The Morgan fingerprint density at radius 1 is 1.26 bits per heavy atom. The number of hydrogen-bond donors (Lipinski definition) is 2. The van der Waals surface area contributed by atoms with Crippen LogP contribution in [0.15, 0.2) is 42.7 Å². The number of nitrogens with one attached hydrogen (secondary N) is 2. The summed E-state index contributed by atoms with van der Waals surface area (Å²) >= 11 is 0. The lowest BCUT2D eigenvalue weighted by molar-refractivity contribution is -0.127. The maximum atomic E-state index is 12.1. The molecule has 1 atom stereocenters. The van der Waals surface area contributed by atoms with Crippen LogP contribution in [0.25, 0.3) is 0 Å². The number of nitrogens with zero attached hydrogens (tertiary/aromatic N) is 1. The summed E-state index contributed by atoms with van der Waals surface area (Å²) in [6.07, 6.45) is 2.93. The second-order valence-electron chi connectivity index (χ2n) is 5.49. The number of benzene rings is 1. The first-order valence-electron chi connectivity index (χ1n) is 7.72. The van der Waals surface area contributed by atoms with Gasteiger partial charge in [0.25, 0.3) is 5.91 Å². The van der Waals surface area contributed by atoms with Crippen molar-refractivity contribution in [1.29, 1.82) is 0 Å². The molecule has 0 saturated heterocycles. The van der Waals surface area contributed by atoms with Crippen molar-refractivity contribution < 1.29 is 9.53 Å². The maximum absolute atomic E-state index is 12.1. The van der Waals surface area contributed by atoms with Gasteiger partial charge in [-0.3, -0.25) is 9.78 Å². The third-order valence-corrected chi connectivity index (χ3v) is 3.43. The number of carbonyl (C=O) groups excluding carboxylic acids is 1. The summed E-state index contributed by atoms with van der Waals surface area (Å²) in [6.45, 7) is 6.88. The smallest absolute Gasteiger partial charge is 0.260 e. The number of aromatic nitrogens is 1. The highest BCUT2D eigenvalue weighted by Gasteiger charge is 2.15. The fourth-order valence-electron chi connectivity index (χ4n) is 2.08. The Balaban J connectivity index is 1.75. The second-order valence-corrected chi connectivity index (χ2v) is 5.49. The van der Waals surface area contributed by atoms with Gasteiger partial charge in [0.2, 0.25) is 0 Å². The highest BCUT2D eigenvalue weighted by molar-refractivity contribution is 5.80. The van der Waals surface area contributed by atoms with E-state index in [1.165, 1.54) is 0 Å². The molecular weight excluding hydrogens is 290 g/mol. The molecule has 1 unspecified atom stereocenters. The van der Waals surface area contributed by atoms with Crippen molar-refractivity contribution in [1.82, 2.24) is 10.3 Å². The summed E-state index contributed by atoms with van der Waals surface area (Å²) in [4.78, 5) is 16.1. The van der Waals surface area contributed by atoms with Crippen molar-refractivity contribution in [3.63, 3.8) is 0 Å². The third kappa shape index (κ3) is 5.29. The molecule has 2 rings (SSSR count). The molecule has 0 saturated carbocycles. The molecule has 1 heterocycles. The van der Waals surface area contributed by atoms with Gasteiger partial charge in [-0.2, -0.15) is 0 Å². The van der Waals surface area contributed by atoms with Gasteiger partial charge in [0.05, 0.1) is 5.69 Å². The van der Waals surface area contributed by atoms with Crippen molar-refractivity contribution in [2.24, 2.45) is 0 Å². The van der Waals surface area contributed by atoms with E-state index in [9.17, 15) is 4.79 Å². The number of carbonyl (C=O) groups is 1. The zero-order valence-electron chi connectivity index (χ0n) is 13.8. The Labute approximate surface area is 137 Å². The van der Waals surface area contributed by atoms with Crippen molar-refractivity contribution in [2.75, 3.05) is 18.4 Å². The molecular formula is C18H23N3O2. The SMILES string of the molecule is Cc1ccc(C)c(OC(C)C(=O)NCCNc2cccnc2)c1. The Bertz CT molecular complexity index is 644. The summed E-state index contributed by atoms with van der Waals surface area (Å²) in [5.41, 5.74) is 3.06. The van der Waals surface area contributed by atoms with Crippen LogP contribution in [0.2, 0.25) is 0 Å². The predicted octanol–water partition coefficient (Wildman–Crippen LogP) is 2.69. The predicted molar refractivity (Wildman–Crippen MR) is 91.7 cm³/mol. The van der Waals surface area contributed by atoms with Crippen LogP contribution in [0.3, 0.4) is 0 Å². The summed E-state index contributed by atoms with van der Waals surface area (Å²) in [5.74, 6) is 0.625. The minimum absolute atomic E-state index is 0.126. The van der Waals surface area contributed by atoms with Gasteiger partial charge >= 0.3 is 0 Å². The van der Waals surface area contributed by atoms with Gasteiger partial charge in [0, 0.05) is 25.5 Å². The van der Waals surface area contributed by atoms with Crippen LogP contribution < -0.4 is 15.4 Å². The first kappa shape index (κ1) is 16.8. The van der Waals surface area contributed by atoms with Gasteiger partial charge in [-0.25, -0.2) is 0 Å². The van der Waals surface area contributed by atoms with Crippen molar-refractivity contribution in [3.8, 4) is 5.75 Å². The molecule has 5 nitrogen and oxygen atoms in total. The van der Waals surface area contributed by atoms with Crippen LogP contribution in [-0.2, 0) is 4.79 Å². The summed E-state index contributed by atoms with van der Waals surface area (Å²) < 4.78 is 5.76. The first-order chi connectivity index (χ1) is 11.1. The van der Waals surface area contributed by atoms with Crippen LogP contribution in [0.4, 0.5) is 5.69 Å². The molecule has 5 heteroatoms. The molecule has 0 aliphatic heterocycles. The number of pyridine rings is 1. The molecule has 23 heavy (non-hydrogen) atoms. The standard InChI is InChI=1S/C18H23N3O2/c1-13-6-7-14(2)17(11-13)23-15(3)18(22)21-10-9-20-16-5-4-8-19-12-16/h4-8,11-12,15,20H,9-10H2,1-3H3,(H,21,22). The fourth-order valence-corrected chi connectivity index (χ4v) is 2.08. The Hall–Kier alpha value is -2.56.